The minimum Gasteiger partial charge on any atom is -0.383 e. The summed E-state index contributed by atoms with van der Waals surface area (Å²) in [7, 11) is 0. The van der Waals surface area contributed by atoms with Crippen molar-refractivity contribution in [1.29, 1.82) is 0 Å². The van der Waals surface area contributed by atoms with Gasteiger partial charge in [0.05, 0.1) is 11.1 Å². The predicted octanol–water partition coefficient (Wildman–Crippen LogP) is 3.08. The van der Waals surface area contributed by atoms with Gasteiger partial charge in [0.25, 0.3) is 5.91 Å². The van der Waals surface area contributed by atoms with Crippen molar-refractivity contribution in [3.8, 4) is 0 Å². The topological polar surface area (TPSA) is 59.2 Å². The number of anilines is 1. The number of carbonyl (C=O) groups excluding carboxylic acids is 1. The van der Waals surface area contributed by atoms with Crippen LogP contribution in [0.1, 0.15) is 37.0 Å². The fraction of sp³-hybridized carbons (Fsp3) is 0.375. The molecular weight excluding hydrogens is 250 g/mol. The molecule has 1 amide bonds. The van der Waals surface area contributed by atoms with Crippen LogP contribution in [-0.4, -0.2) is 28.9 Å². The van der Waals surface area contributed by atoms with E-state index >= 15 is 0 Å². The molecule has 0 bridgehead atoms. The van der Waals surface area contributed by atoms with Crippen LogP contribution < -0.4 is 5.73 Å². The summed E-state index contributed by atoms with van der Waals surface area (Å²) in [5.41, 5.74) is 7.28. The number of fused-ring (bicyclic) bond motifs is 1. The van der Waals surface area contributed by atoms with Gasteiger partial charge in [-0.3, -0.25) is 4.79 Å². The van der Waals surface area contributed by atoms with E-state index in [4.69, 9.17) is 5.73 Å². The smallest absolute Gasteiger partial charge is 0.257 e. The molecule has 4 nitrogen and oxygen atoms in total. The maximum absolute atomic E-state index is 12.6. The minimum absolute atomic E-state index is 0.0237. The second kappa shape index (κ2) is 6.37. The Morgan fingerprint density at radius 2 is 1.85 bits per heavy atom. The molecule has 0 saturated heterocycles. The lowest BCUT2D eigenvalue weighted by Crippen LogP contribution is -2.33. The van der Waals surface area contributed by atoms with E-state index in [2.05, 4.69) is 18.8 Å². The van der Waals surface area contributed by atoms with Crippen LogP contribution in [0.15, 0.2) is 30.3 Å². The van der Waals surface area contributed by atoms with E-state index in [1.165, 1.54) is 0 Å². The number of hydrogen-bond acceptors (Lipinski definition) is 3. The number of aromatic nitrogens is 1. The normalized spacial score (nSPS) is 10.7. The molecular formula is C16H21N3O. The molecule has 0 aliphatic rings. The van der Waals surface area contributed by atoms with Crippen molar-refractivity contribution >= 4 is 22.6 Å². The van der Waals surface area contributed by atoms with Gasteiger partial charge < -0.3 is 10.6 Å². The molecule has 106 valence electrons. The van der Waals surface area contributed by atoms with Crippen molar-refractivity contribution in [1.82, 2.24) is 9.88 Å². The van der Waals surface area contributed by atoms with Gasteiger partial charge in [-0.15, -0.1) is 0 Å². The predicted molar refractivity (Wildman–Crippen MR) is 82.6 cm³/mol. The molecule has 1 aromatic heterocycles. The maximum atomic E-state index is 12.6. The van der Waals surface area contributed by atoms with Gasteiger partial charge in [0.2, 0.25) is 0 Å². The van der Waals surface area contributed by atoms with Crippen molar-refractivity contribution in [3.63, 3.8) is 0 Å². The van der Waals surface area contributed by atoms with Gasteiger partial charge in [0.15, 0.2) is 0 Å². The number of nitrogens with zero attached hydrogens (tertiary/aromatic N) is 2. The Labute approximate surface area is 119 Å². The second-order valence-electron chi connectivity index (χ2n) is 4.91. The summed E-state index contributed by atoms with van der Waals surface area (Å²) < 4.78 is 0. The van der Waals surface area contributed by atoms with Gasteiger partial charge in [-0.05, 0) is 25.0 Å². The third-order valence-electron chi connectivity index (χ3n) is 3.26. The SMILES string of the molecule is CCCN(CCC)C(=O)c1cc2ccccc2nc1N. The van der Waals surface area contributed by atoms with E-state index in [0.717, 1.165) is 36.8 Å². The lowest BCUT2D eigenvalue weighted by Gasteiger charge is -2.22. The van der Waals surface area contributed by atoms with Gasteiger partial charge in [-0.25, -0.2) is 4.98 Å². The molecule has 0 atom stereocenters. The molecule has 1 heterocycles. The van der Waals surface area contributed by atoms with Gasteiger partial charge in [-0.2, -0.15) is 0 Å². The van der Waals surface area contributed by atoms with Crippen LogP contribution in [0.5, 0.6) is 0 Å². The molecule has 20 heavy (non-hydrogen) atoms. The molecule has 0 fully saturated rings. The Kier molecular flexibility index (Phi) is 4.56. The highest BCUT2D eigenvalue weighted by Crippen LogP contribution is 2.20. The monoisotopic (exact) mass is 271 g/mol. The largest absolute Gasteiger partial charge is 0.383 e. The average Bonchev–Trinajstić information content (AvgIpc) is 2.45. The first-order valence-electron chi connectivity index (χ1n) is 7.11. The molecule has 1 aromatic carbocycles. The highest BCUT2D eigenvalue weighted by molar-refractivity contribution is 6.01. The molecule has 2 aromatic rings. The summed E-state index contributed by atoms with van der Waals surface area (Å²) in [4.78, 5) is 18.8. The van der Waals surface area contributed by atoms with Crippen molar-refractivity contribution in [2.45, 2.75) is 26.7 Å². The molecule has 2 rings (SSSR count). The molecule has 2 N–H and O–H groups in total. The second-order valence-corrected chi connectivity index (χ2v) is 4.91. The third-order valence-corrected chi connectivity index (χ3v) is 3.26. The Bertz CT molecular complexity index is 604. The van der Waals surface area contributed by atoms with E-state index in [0.29, 0.717) is 11.4 Å². The quantitative estimate of drug-likeness (QED) is 0.909. The van der Waals surface area contributed by atoms with Crippen LogP contribution >= 0.6 is 0 Å². The molecule has 0 aliphatic carbocycles. The van der Waals surface area contributed by atoms with Crippen molar-refractivity contribution < 1.29 is 4.79 Å². The van der Waals surface area contributed by atoms with Crippen molar-refractivity contribution in [2.75, 3.05) is 18.8 Å². The lowest BCUT2D eigenvalue weighted by atomic mass is 10.1. The van der Waals surface area contributed by atoms with E-state index in [9.17, 15) is 4.79 Å². The summed E-state index contributed by atoms with van der Waals surface area (Å²) in [5.74, 6) is 0.287. The number of nitrogen functional groups attached to an aromatic ring is 1. The Hall–Kier alpha value is -2.10. The van der Waals surface area contributed by atoms with Gasteiger partial charge in [0.1, 0.15) is 5.82 Å². The zero-order chi connectivity index (χ0) is 14.5. The fourth-order valence-electron chi connectivity index (χ4n) is 2.33. The molecule has 0 saturated carbocycles. The standard InChI is InChI=1S/C16H21N3O/c1-3-9-19(10-4-2)16(20)13-11-12-7-5-6-8-14(12)18-15(13)17/h5-8,11H,3-4,9-10H2,1-2H3,(H2,17,18). The third kappa shape index (κ3) is 2.90. The van der Waals surface area contributed by atoms with Crippen LogP contribution in [-0.2, 0) is 0 Å². The Balaban J connectivity index is 2.39. The van der Waals surface area contributed by atoms with Crippen LogP contribution in [0, 0.1) is 0 Å². The Morgan fingerprint density at radius 3 is 2.50 bits per heavy atom. The summed E-state index contributed by atoms with van der Waals surface area (Å²) in [6.45, 7) is 5.63. The van der Waals surface area contributed by atoms with Crippen molar-refractivity contribution in [2.24, 2.45) is 0 Å². The first-order chi connectivity index (χ1) is 9.67. The Morgan fingerprint density at radius 1 is 1.20 bits per heavy atom. The van der Waals surface area contributed by atoms with Crippen LogP contribution in [0.25, 0.3) is 10.9 Å². The molecule has 4 heteroatoms. The first kappa shape index (κ1) is 14.3. The number of nitrogens with two attached hydrogens (primary N) is 1. The summed E-state index contributed by atoms with van der Waals surface area (Å²) >= 11 is 0. The summed E-state index contributed by atoms with van der Waals surface area (Å²) in [5, 5.41) is 0.943. The number of carbonyl (C=O) groups is 1. The molecule has 0 radical (unpaired) electrons. The number of amides is 1. The number of benzene rings is 1. The first-order valence-corrected chi connectivity index (χ1v) is 7.11. The molecule has 0 spiro atoms. The highest BCUT2D eigenvalue weighted by Gasteiger charge is 2.18. The fourth-order valence-corrected chi connectivity index (χ4v) is 2.33. The zero-order valence-corrected chi connectivity index (χ0v) is 12.1. The van der Waals surface area contributed by atoms with E-state index in [-0.39, 0.29) is 5.91 Å². The number of para-hydroxylation sites is 1. The highest BCUT2D eigenvalue weighted by atomic mass is 16.2. The lowest BCUT2D eigenvalue weighted by molar-refractivity contribution is 0.0756. The van der Waals surface area contributed by atoms with E-state index < -0.39 is 0 Å². The summed E-state index contributed by atoms with van der Waals surface area (Å²) in [6.07, 6.45) is 1.87. The minimum atomic E-state index is -0.0237. The number of rotatable bonds is 5. The van der Waals surface area contributed by atoms with Gasteiger partial charge in [-0.1, -0.05) is 32.0 Å². The zero-order valence-electron chi connectivity index (χ0n) is 12.1. The van der Waals surface area contributed by atoms with Crippen molar-refractivity contribution in [3.05, 3.63) is 35.9 Å². The maximum Gasteiger partial charge on any atom is 0.257 e. The number of hydrogen-bond donors (Lipinski definition) is 1. The van der Waals surface area contributed by atoms with Crippen LogP contribution in [0.2, 0.25) is 0 Å². The van der Waals surface area contributed by atoms with Gasteiger partial charge in [0, 0.05) is 18.5 Å². The van der Waals surface area contributed by atoms with E-state index in [1.807, 2.05) is 35.2 Å². The molecule has 0 aliphatic heterocycles. The number of pyridine rings is 1. The van der Waals surface area contributed by atoms with Crippen LogP contribution in [0.4, 0.5) is 5.82 Å². The van der Waals surface area contributed by atoms with Crippen LogP contribution in [0.3, 0.4) is 0 Å². The average molecular weight is 271 g/mol. The molecule has 0 unspecified atom stereocenters. The summed E-state index contributed by atoms with van der Waals surface area (Å²) in [6, 6.07) is 9.54. The van der Waals surface area contributed by atoms with E-state index in [1.54, 1.807) is 0 Å². The van der Waals surface area contributed by atoms with Gasteiger partial charge >= 0.3 is 0 Å².